The Morgan fingerprint density at radius 3 is 3.06 bits per heavy atom. The average Bonchev–Trinajstić information content (AvgIpc) is 2.71. The van der Waals surface area contributed by atoms with Gasteiger partial charge < -0.3 is 9.88 Å². The number of imidazole rings is 1. The molecule has 1 aromatic heterocycles. The quantitative estimate of drug-likeness (QED) is 0.856. The van der Waals surface area contributed by atoms with Crippen LogP contribution < -0.4 is 5.32 Å². The Kier molecular flexibility index (Phi) is 3.86. The number of benzene rings is 1. The Morgan fingerprint density at radius 2 is 2.35 bits per heavy atom. The number of nitrogens with one attached hydrogen (secondary N) is 1. The zero-order chi connectivity index (χ0) is 12.3. The van der Waals surface area contributed by atoms with Crippen molar-refractivity contribution in [2.24, 2.45) is 0 Å². The lowest BCUT2D eigenvalue weighted by Crippen LogP contribution is -2.02. The number of allylic oxidation sites excluding steroid dienone is 1. The zero-order valence-electron chi connectivity index (χ0n) is 9.03. The first kappa shape index (κ1) is 12.2. The second kappa shape index (κ2) is 5.38. The van der Waals surface area contributed by atoms with Gasteiger partial charge >= 0.3 is 0 Å². The molecule has 3 nitrogen and oxygen atoms in total. The topological polar surface area (TPSA) is 29.9 Å². The Bertz CT molecular complexity index is 536. The fourth-order valence-corrected chi connectivity index (χ4v) is 2.21. The third kappa shape index (κ3) is 2.90. The van der Waals surface area contributed by atoms with Crippen molar-refractivity contribution in [3.8, 4) is 0 Å². The van der Waals surface area contributed by atoms with Gasteiger partial charge in [0.05, 0.1) is 5.69 Å². The molecular formula is C12H11BrClN3. The van der Waals surface area contributed by atoms with Crippen molar-refractivity contribution in [3.63, 3.8) is 0 Å². The molecule has 1 aromatic carbocycles. The summed E-state index contributed by atoms with van der Waals surface area (Å²) in [6.07, 6.45) is 5.47. The number of aromatic nitrogens is 2. The van der Waals surface area contributed by atoms with E-state index in [1.807, 2.05) is 35.0 Å². The molecule has 0 spiro atoms. The van der Waals surface area contributed by atoms with Crippen molar-refractivity contribution in [2.75, 3.05) is 5.32 Å². The van der Waals surface area contributed by atoms with Gasteiger partial charge in [0, 0.05) is 28.4 Å². The zero-order valence-corrected chi connectivity index (χ0v) is 11.4. The fraction of sp³-hybridized carbons (Fsp3) is 0.0833. The number of halogens is 2. The lowest BCUT2D eigenvalue weighted by Gasteiger charge is -2.09. The van der Waals surface area contributed by atoms with E-state index in [2.05, 4.69) is 32.8 Å². The molecule has 17 heavy (non-hydrogen) atoms. The molecule has 88 valence electrons. The molecule has 0 fully saturated rings. The Balaban J connectivity index is 2.25. The molecule has 1 heterocycles. The molecule has 2 aromatic rings. The van der Waals surface area contributed by atoms with E-state index in [0.29, 0.717) is 11.6 Å². The highest BCUT2D eigenvalue weighted by Crippen LogP contribution is 2.28. The van der Waals surface area contributed by atoms with Gasteiger partial charge in [0.25, 0.3) is 0 Å². The van der Waals surface area contributed by atoms with E-state index < -0.39 is 0 Å². The molecule has 2 rings (SSSR count). The predicted octanol–water partition coefficient (Wildman–Crippen LogP) is 4.23. The van der Waals surface area contributed by atoms with Crippen LogP contribution in [0.4, 0.5) is 11.6 Å². The van der Waals surface area contributed by atoms with Crippen molar-refractivity contribution >= 4 is 39.2 Å². The highest BCUT2D eigenvalue weighted by atomic mass is 79.9. The van der Waals surface area contributed by atoms with Gasteiger partial charge in [0.2, 0.25) is 5.95 Å². The van der Waals surface area contributed by atoms with Crippen LogP contribution in [0.15, 0.2) is 47.7 Å². The molecule has 0 amide bonds. The summed E-state index contributed by atoms with van der Waals surface area (Å²) in [7, 11) is 0. The summed E-state index contributed by atoms with van der Waals surface area (Å²) < 4.78 is 2.87. The third-order valence-electron chi connectivity index (χ3n) is 2.22. The third-order valence-corrected chi connectivity index (χ3v) is 3.11. The van der Waals surface area contributed by atoms with Crippen molar-refractivity contribution < 1.29 is 0 Å². The van der Waals surface area contributed by atoms with Gasteiger partial charge in [-0.2, -0.15) is 0 Å². The lowest BCUT2D eigenvalue weighted by molar-refractivity contribution is 0.833. The van der Waals surface area contributed by atoms with E-state index in [4.69, 9.17) is 11.6 Å². The van der Waals surface area contributed by atoms with Crippen LogP contribution in [0.3, 0.4) is 0 Å². The van der Waals surface area contributed by atoms with Crippen LogP contribution in [0.5, 0.6) is 0 Å². The van der Waals surface area contributed by atoms with Crippen LogP contribution in [0, 0.1) is 0 Å². The molecule has 0 atom stereocenters. The monoisotopic (exact) mass is 311 g/mol. The summed E-state index contributed by atoms with van der Waals surface area (Å²) in [5.41, 5.74) is 0.922. The van der Waals surface area contributed by atoms with E-state index in [9.17, 15) is 0 Å². The van der Waals surface area contributed by atoms with Crippen molar-refractivity contribution in [1.82, 2.24) is 9.55 Å². The summed E-state index contributed by atoms with van der Waals surface area (Å²) in [4.78, 5) is 4.24. The van der Waals surface area contributed by atoms with Gasteiger partial charge in [-0.25, -0.2) is 4.98 Å². The minimum Gasteiger partial charge on any atom is -0.325 e. The van der Waals surface area contributed by atoms with Gasteiger partial charge in [-0.3, -0.25) is 0 Å². The summed E-state index contributed by atoms with van der Waals surface area (Å²) in [6.45, 7) is 4.43. The average molecular weight is 313 g/mol. The first-order valence-corrected chi connectivity index (χ1v) is 6.22. The van der Waals surface area contributed by atoms with Gasteiger partial charge in [-0.1, -0.05) is 17.7 Å². The minimum absolute atomic E-state index is 0.692. The summed E-state index contributed by atoms with van der Waals surface area (Å²) >= 11 is 9.34. The fourth-order valence-electron chi connectivity index (χ4n) is 1.43. The van der Waals surface area contributed by atoms with Crippen molar-refractivity contribution in [1.29, 1.82) is 0 Å². The van der Waals surface area contributed by atoms with Crippen LogP contribution >= 0.6 is 27.5 Å². The summed E-state index contributed by atoms with van der Waals surface area (Å²) in [5, 5.41) is 3.92. The Hall–Kier alpha value is -1.26. The molecule has 0 bridgehead atoms. The van der Waals surface area contributed by atoms with Gasteiger partial charge in [0.1, 0.15) is 0 Å². The van der Waals surface area contributed by atoms with E-state index in [0.717, 1.165) is 16.1 Å². The molecule has 1 N–H and O–H groups in total. The van der Waals surface area contributed by atoms with Gasteiger partial charge in [-0.15, -0.1) is 6.58 Å². The van der Waals surface area contributed by atoms with Crippen LogP contribution in [0.25, 0.3) is 0 Å². The van der Waals surface area contributed by atoms with Crippen LogP contribution in [-0.2, 0) is 6.54 Å². The largest absolute Gasteiger partial charge is 0.325 e. The van der Waals surface area contributed by atoms with Crippen LogP contribution in [-0.4, -0.2) is 9.55 Å². The maximum atomic E-state index is 5.89. The molecule has 0 aliphatic heterocycles. The van der Waals surface area contributed by atoms with Crippen LogP contribution in [0.1, 0.15) is 0 Å². The lowest BCUT2D eigenvalue weighted by atomic mass is 10.3. The molecule has 5 heteroatoms. The maximum Gasteiger partial charge on any atom is 0.207 e. The predicted molar refractivity (Wildman–Crippen MR) is 74.9 cm³/mol. The number of hydrogen-bond donors (Lipinski definition) is 1. The number of rotatable bonds is 4. The summed E-state index contributed by atoms with van der Waals surface area (Å²) in [6, 6.07) is 5.57. The SMILES string of the molecule is C=CCn1ccnc1Nc1ccc(Cl)cc1Br. The first-order valence-electron chi connectivity index (χ1n) is 5.05. The van der Waals surface area contributed by atoms with Crippen LogP contribution in [0.2, 0.25) is 5.02 Å². The van der Waals surface area contributed by atoms with E-state index in [-0.39, 0.29) is 0 Å². The minimum atomic E-state index is 0.692. The summed E-state index contributed by atoms with van der Waals surface area (Å²) in [5.74, 6) is 0.771. The molecule has 0 unspecified atom stereocenters. The second-order valence-electron chi connectivity index (χ2n) is 3.44. The van der Waals surface area contributed by atoms with E-state index in [1.165, 1.54) is 0 Å². The first-order chi connectivity index (χ1) is 8.20. The number of anilines is 2. The smallest absolute Gasteiger partial charge is 0.207 e. The van der Waals surface area contributed by atoms with E-state index in [1.54, 1.807) is 6.20 Å². The molecule has 0 aliphatic rings. The highest BCUT2D eigenvalue weighted by molar-refractivity contribution is 9.10. The standard InChI is InChI=1S/C12H11BrClN3/c1-2-6-17-7-5-15-12(17)16-11-4-3-9(14)8-10(11)13/h2-5,7-8H,1,6H2,(H,15,16). The van der Waals surface area contributed by atoms with E-state index >= 15 is 0 Å². The molecule has 0 aliphatic carbocycles. The molecular weight excluding hydrogens is 302 g/mol. The second-order valence-corrected chi connectivity index (χ2v) is 4.73. The van der Waals surface area contributed by atoms with Crippen molar-refractivity contribution in [2.45, 2.75) is 6.54 Å². The molecule has 0 saturated carbocycles. The molecule has 0 saturated heterocycles. The number of hydrogen-bond acceptors (Lipinski definition) is 2. The number of nitrogens with zero attached hydrogens (tertiary/aromatic N) is 2. The van der Waals surface area contributed by atoms with Gasteiger partial charge in [0.15, 0.2) is 0 Å². The highest BCUT2D eigenvalue weighted by Gasteiger charge is 2.05. The Labute approximate surface area is 113 Å². The van der Waals surface area contributed by atoms with Gasteiger partial charge in [-0.05, 0) is 34.1 Å². The molecule has 0 radical (unpaired) electrons. The maximum absolute atomic E-state index is 5.89. The Morgan fingerprint density at radius 1 is 1.53 bits per heavy atom. The van der Waals surface area contributed by atoms with Crippen molar-refractivity contribution in [3.05, 3.63) is 52.7 Å². The normalized spacial score (nSPS) is 10.2.